The minimum atomic E-state index is -0.268. The molecule has 0 radical (unpaired) electrons. The Kier molecular flexibility index (Phi) is 3.27. The number of benzene rings is 1. The smallest absolute Gasteiger partial charge is 0.0835 e. The first-order valence-corrected chi connectivity index (χ1v) is 7.27. The molecule has 1 unspecified atom stereocenters. The van der Waals surface area contributed by atoms with E-state index in [-0.39, 0.29) is 6.04 Å². The summed E-state index contributed by atoms with van der Waals surface area (Å²) in [6.45, 7) is 2.08. The van der Waals surface area contributed by atoms with E-state index in [9.17, 15) is 0 Å². The number of hydrogen-bond acceptors (Lipinski definition) is 3. The van der Waals surface area contributed by atoms with Crippen molar-refractivity contribution >= 4 is 33.8 Å². The molecule has 3 rings (SSSR count). The number of aryl methyl sites for hydroxylation is 1. The molecule has 96 valence electrons. The van der Waals surface area contributed by atoms with Crippen LogP contribution >= 0.6 is 22.9 Å². The number of para-hydroxylation sites is 1. The lowest BCUT2D eigenvalue weighted by Crippen LogP contribution is -2.13. The van der Waals surface area contributed by atoms with Gasteiger partial charge in [-0.05, 0) is 36.1 Å². The maximum Gasteiger partial charge on any atom is 0.0835 e. The molecule has 0 amide bonds. The fourth-order valence-electron chi connectivity index (χ4n) is 2.20. The van der Waals surface area contributed by atoms with Gasteiger partial charge in [-0.1, -0.05) is 29.8 Å². The second kappa shape index (κ2) is 4.93. The van der Waals surface area contributed by atoms with Gasteiger partial charge in [-0.2, -0.15) is 0 Å². The summed E-state index contributed by atoms with van der Waals surface area (Å²) >= 11 is 7.71. The van der Waals surface area contributed by atoms with Crippen LogP contribution in [0.25, 0.3) is 10.9 Å². The van der Waals surface area contributed by atoms with Crippen LogP contribution in [0.4, 0.5) is 0 Å². The molecule has 2 heterocycles. The lowest BCUT2D eigenvalue weighted by molar-refractivity contribution is 0.853. The van der Waals surface area contributed by atoms with E-state index >= 15 is 0 Å². The molecule has 4 heteroatoms. The number of hydrogen-bond donors (Lipinski definition) is 1. The highest BCUT2D eigenvalue weighted by Gasteiger charge is 2.16. The van der Waals surface area contributed by atoms with Crippen LogP contribution in [0.1, 0.15) is 22.2 Å². The number of nitrogens with zero attached hydrogens (tertiary/aromatic N) is 1. The summed E-state index contributed by atoms with van der Waals surface area (Å²) in [4.78, 5) is 5.62. The van der Waals surface area contributed by atoms with E-state index in [0.29, 0.717) is 5.02 Å². The van der Waals surface area contributed by atoms with Gasteiger partial charge in [0.15, 0.2) is 0 Å². The topological polar surface area (TPSA) is 38.9 Å². The molecular weight excluding hydrogens is 276 g/mol. The molecule has 1 aromatic carbocycles. The van der Waals surface area contributed by atoms with Crippen LogP contribution in [0.2, 0.25) is 5.02 Å². The second-order valence-corrected chi connectivity index (χ2v) is 5.85. The number of rotatable bonds is 2. The highest BCUT2D eigenvalue weighted by atomic mass is 35.5. The van der Waals surface area contributed by atoms with E-state index in [1.807, 2.05) is 35.7 Å². The molecule has 0 aliphatic heterocycles. The van der Waals surface area contributed by atoms with Crippen molar-refractivity contribution in [2.24, 2.45) is 5.73 Å². The fourth-order valence-corrected chi connectivity index (χ4v) is 3.38. The molecule has 0 aliphatic carbocycles. The summed E-state index contributed by atoms with van der Waals surface area (Å²) < 4.78 is 0. The summed E-state index contributed by atoms with van der Waals surface area (Å²) in [5.74, 6) is 0. The third kappa shape index (κ3) is 2.25. The summed E-state index contributed by atoms with van der Waals surface area (Å²) in [5, 5.41) is 3.83. The number of fused-ring (bicyclic) bond motifs is 1. The van der Waals surface area contributed by atoms with Gasteiger partial charge in [0.2, 0.25) is 0 Å². The Hall–Kier alpha value is -1.42. The third-order valence-corrected chi connectivity index (χ3v) is 4.63. The van der Waals surface area contributed by atoms with E-state index in [0.717, 1.165) is 21.5 Å². The quantitative estimate of drug-likeness (QED) is 0.763. The predicted octanol–water partition coefficient (Wildman–Crippen LogP) is 4.31. The van der Waals surface area contributed by atoms with Crippen LogP contribution in [-0.2, 0) is 0 Å². The Morgan fingerprint density at radius 3 is 2.79 bits per heavy atom. The first-order chi connectivity index (χ1) is 9.16. The average Bonchev–Trinajstić information content (AvgIpc) is 2.84. The molecule has 0 saturated heterocycles. The van der Waals surface area contributed by atoms with Crippen molar-refractivity contribution in [2.45, 2.75) is 13.0 Å². The van der Waals surface area contributed by atoms with Crippen LogP contribution in [0, 0.1) is 6.92 Å². The van der Waals surface area contributed by atoms with Gasteiger partial charge in [-0.3, -0.25) is 4.98 Å². The largest absolute Gasteiger partial charge is 0.318 e. The van der Waals surface area contributed by atoms with E-state index in [4.69, 9.17) is 17.3 Å². The van der Waals surface area contributed by atoms with Gasteiger partial charge in [-0.15, -0.1) is 11.3 Å². The van der Waals surface area contributed by atoms with Crippen molar-refractivity contribution < 1.29 is 0 Å². The van der Waals surface area contributed by atoms with Gasteiger partial charge < -0.3 is 5.73 Å². The fraction of sp³-hybridized carbons (Fsp3) is 0.133. The number of nitrogens with two attached hydrogens (primary N) is 1. The number of halogens is 1. The Balaban J connectivity index is 2.13. The molecule has 0 bridgehead atoms. The SMILES string of the molecule is Cc1cc(C(N)c2sccc2Cl)nc2ccccc12. The first kappa shape index (κ1) is 12.6. The van der Waals surface area contributed by atoms with Crippen LogP contribution in [0.5, 0.6) is 0 Å². The Morgan fingerprint density at radius 2 is 2.05 bits per heavy atom. The normalized spacial score (nSPS) is 12.8. The molecule has 1 atom stereocenters. The summed E-state index contributed by atoms with van der Waals surface area (Å²) in [6.07, 6.45) is 0. The summed E-state index contributed by atoms with van der Waals surface area (Å²) in [7, 11) is 0. The van der Waals surface area contributed by atoms with Crippen molar-refractivity contribution in [1.29, 1.82) is 0 Å². The Labute approximate surface area is 120 Å². The minimum absolute atomic E-state index is 0.268. The monoisotopic (exact) mass is 288 g/mol. The Bertz CT molecular complexity index is 736. The second-order valence-electron chi connectivity index (χ2n) is 4.49. The van der Waals surface area contributed by atoms with Crippen LogP contribution in [0.15, 0.2) is 41.8 Å². The molecule has 0 spiro atoms. The summed E-state index contributed by atoms with van der Waals surface area (Å²) in [5.41, 5.74) is 9.30. The van der Waals surface area contributed by atoms with E-state index < -0.39 is 0 Å². The van der Waals surface area contributed by atoms with Gasteiger partial charge in [0.05, 0.1) is 22.3 Å². The Morgan fingerprint density at radius 1 is 1.26 bits per heavy atom. The van der Waals surface area contributed by atoms with Gasteiger partial charge in [0, 0.05) is 10.3 Å². The maximum atomic E-state index is 6.28. The van der Waals surface area contributed by atoms with Crippen molar-refractivity contribution in [3.63, 3.8) is 0 Å². The standard InChI is InChI=1S/C15H13ClN2S/c1-9-8-13(14(17)15-11(16)6-7-19-15)18-12-5-3-2-4-10(9)12/h2-8,14H,17H2,1H3. The zero-order valence-corrected chi connectivity index (χ0v) is 12.0. The zero-order valence-electron chi connectivity index (χ0n) is 10.4. The van der Waals surface area contributed by atoms with E-state index in [2.05, 4.69) is 18.0 Å². The maximum absolute atomic E-state index is 6.28. The first-order valence-electron chi connectivity index (χ1n) is 6.01. The van der Waals surface area contributed by atoms with Crippen LogP contribution < -0.4 is 5.73 Å². The van der Waals surface area contributed by atoms with Crippen molar-refractivity contribution in [1.82, 2.24) is 4.98 Å². The molecule has 0 aliphatic rings. The predicted molar refractivity (Wildman–Crippen MR) is 81.8 cm³/mol. The van der Waals surface area contributed by atoms with Crippen LogP contribution in [-0.4, -0.2) is 4.98 Å². The summed E-state index contributed by atoms with van der Waals surface area (Å²) in [6, 6.07) is 11.7. The van der Waals surface area contributed by atoms with Crippen molar-refractivity contribution in [3.05, 3.63) is 62.9 Å². The zero-order chi connectivity index (χ0) is 13.4. The molecule has 2 nitrogen and oxygen atoms in total. The van der Waals surface area contributed by atoms with Gasteiger partial charge in [-0.25, -0.2) is 0 Å². The highest BCUT2D eigenvalue weighted by molar-refractivity contribution is 7.10. The van der Waals surface area contributed by atoms with Crippen molar-refractivity contribution in [3.8, 4) is 0 Å². The average molecular weight is 289 g/mol. The van der Waals surface area contributed by atoms with Crippen molar-refractivity contribution in [2.75, 3.05) is 0 Å². The minimum Gasteiger partial charge on any atom is -0.318 e. The van der Waals surface area contributed by atoms with Gasteiger partial charge in [0.25, 0.3) is 0 Å². The van der Waals surface area contributed by atoms with Crippen LogP contribution in [0.3, 0.4) is 0 Å². The highest BCUT2D eigenvalue weighted by Crippen LogP contribution is 2.31. The number of aromatic nitrogens is 1. The number of thiophene rings is 1. The number of pyridine rings is 1. The lowest BCUT2D eigenvalue weighted by Gasteiger charge is -2.12. The van der Waals surface area contributed by atoms with Gasteiger partial charge in [0.1, 0.15) is 0 Å². The molecule has 2 aromatic heterocycles. The lowest BCUT2D eigenvalue weighted by atomic mass is 10.1. The third-order valence-electron chi connectivity index (χ3n) is 3.19. The molecule has 0 saturated carbocycles. The molecule has 0 fully saturated rings. The van der Waals surface area contributed by atoms with E-state index in [1.165, 1.54) is 5.56 Å². The molecular formula is C15H13ClN2S. The van der Waals surface area contributed by atoms with E-state index in [1.54, 1.807) is 11.3 Å². The molecule has 3 aromatic rings. The van der Waals surface area contributed by atoms with Gasteiger partial charge >= 0.3 is 0 Å². The molecule has 2 N–H and O–H groups in total. The molecule has 19 heavy (non-hydrogen) atoms.